The number of fused-ring (bicyclic) bond motifs is 1. The number of halogens is 3. The third kappa shape index (κ3) is 4.65. The lowest BCUT2D eigenvalue weighted by Crippen LogP contribution is -2.50. The average molecular weight is 431 g/mol. The molecule has 0 unspecified atom stereocenters. The van der Waals surface area contributed by atoms with E-state index in [0.717, 1.165) is 23.0 Å². The van der Waals surface area contributed by atoms with Gasteiger partial charge in [-0.05, 0) is 30.3 Å². The molecule has 1 aliphatic rings. The molecule has 2 aromatic carbocycles. The van der Waals surface area contributed by atoms with Crippen LogP contribution in [0.1, 0.15) is 16.1 Å². The van der Waals surface area contributed by atoms with Gasteiger partial charge in [-0.3, -0.25) is 4.79 Å². The standard InChI is InChI=1S/C22H20F3N3O3/c23-22(24,25)16-5-3-6-17(13-16)27-8-10-28(11-9-27)20(29)14-31-21(30)19-12-15-4-1-2-7-18(15)26-19/h1-7,12-13,26H,8-11,14H2. The lowest BCUT2D eigenvalue weighted by molar-refractivity contribution is -0.137. The van der Waals surface area contributed by atoms with Gasteiger partial charge in [0.1, 0.15) is 5.69 Å². The number of benzene rings is 2. The summed E-state index contributed by atoms with van der Waals surface area (Å²) in [6, 6.07) is 14.2. The molecule has 1 aromatic heterocycles. The lowest BCUT2D eigenvalue weighted by Gasteiger charge is -2.36. The third-order valence-electron chi connectivity index (χ3n) is 5.25. The topological polar surface area (TPSA) is 65.6 Å². The Morgan fingerprint density at radius 1 is 0.968 bits per heavy atom. The molecule has 0 saturated carbocycles. The number of esters is 1. The average Bonchev–Trinajstić information content (AvgIpc) is 3.21. The fourth-order valence-corrected chi connectivity index (χ4v) is 3.57. The first-order valence-electron chi connectivity index (χ1n) is 9.76. The lowest BCUT2D eigenvalue weighted by atomic mass is 10.1. The van der Waals surface area contributed by atoms with E-state index in [9.17, 15) is 22.8 Å². The normalized spacial score (nSPS) is 14.7. The zero-order valence-corrected chi connectivity index (χ0v) is 16.5. The Morgan fingerprint density at radius 2 is 1.71 bits per heavy atom. The van der Waals surface area contributed by atoms with Gasteiger partial charge in [0, 0.05) is 42.8 Å². The molecule has 1 aliphatic heterocycles. The first-order chi connectivity index (χ1) is 14.8. The number of para-hydroxylation sites is 1. The minimum absolute atomic E-state index is 0.267. The number of hydrogen-bond acceptors (Lipinski definition) is 4. The maximum absolute atomic E-state index is 12.9. The maximum atomic E-state index is 12.9. The zero-order chi connectivity index (χ0) is 22.0. The van der Waals surface area contributed by atoms with Crippen LogP contribution in [0.15, 0.2) is 54.6 Å². The van der Waals surface area contributed by atoms with E-state index in [1.54, 1.807) is 21.9 Å². The Bertz CT molecular complexity index is 1070. The van der Waals surface area contributed by atoms with Gasteiger partial charge in [-0.25, -0.2) is 4.79 Å². The number of aromatic nitrogens is 1. The van der Waals surface area contributed by atoms with Crippen LogP contribution in [0.25, 0.3) is 10.9 Å². The summed E-state index contributed by atoms with van der Waals surface area (Å²) in [6.07, 6.45) is -4.40. The molecule has 31 heavy (non-hydrogen) atoms. The zero-order valence-electron chi connectivity index (χ0n) is 16.5. The predicted molar refractivity (Wildman–Crippen MR) is 109 cm³/mol. The number of ether oxygens (including phenoxy) is 1. The van der Waals surface area contributed by atoms with E-state index in [-0.39, 0.29) is 11.6 Å². The number of carbonyl (C=O) groups excluding carboxylic acids is 2. The van der Waals surface area contributed by atoms with E-state index in [0.29, 0.717) is 31.9 Å². The molecule has 162 valence electrons. The summed E-state index contributed by atoms with van der Waals surface area (Å²) in [5.41, 5.74) is 0.828. The second kappa shape index (κ2) is 8.33. The molecule has 1 saturated heterocycles. The van der Waals surface area contributed by atoms with E-state index < -0.39 is 24.3 Å². The fraction of sp³-hybridized carbons (Fsp3) is 0.273. The molecule has 0 radical (unpaired) electrons. The molecule has 1 amide bonds. The maximum Gasteiger partial charge on any atom is 0.416 e. The van der Waals surface area contributed by atoms with E-state index in [1.165, 1.54) is 6.07 Å². The van der Waals surface area contributed by atoms with Crippen LogP contribution in [-0.4, -0.2) is 54.5 Å². The molecular weight excluding hydrogens is 411 g/mol. The smallest absolute Gasteiger partial charge is 0.416 e. The first-order valence-corrected chi connectivity index (χ1v) is 9.76. The molecule has 6 nitrogen and oxygen atoms in total. The number of alkyl halides is 3. The number of piperazine rings is 1. The van der Waals surface area contributed by atoms with Gasteiger partial charge in [0.25, 0.3) is 5.91 Å². The second-order valence-electron chi connectivity index (χ2n) is 7.26. The summed E-state index contributed by atoms with van der Waals surface area (Å²) in [4.78, 5) is 30.9. The number of rotatable bonds is 4. The van der Waals surface area contributed by atoms with Gasteiger partial charge in [-0.1, -0.05) is 24.3 Å². The van der Waals surface area contributed by atoms with Crippen LogP contribution in [0, 0.1) is 0 Å². The van der Waals surface area contributed by atoms with Crippen LogP contribution in [0.2, 0.25) is 0 Å². The van der Waals surface area contributed by atoms with Gasteiger partial charge in [0.15, 0.2) is 6.61 Å². The molecule has 0 bridgehead atoms. The summed E-state index contributed by atoms with van der Waals surface area (Å²) >= 11 is 0. The monoisotopic (exact) mass is 431 g/mol. The van der Waals surface area contributed by atoms with Gasteiger partial charge >= 0.3 is 12.1 Å². The van der Waals surface area contributed by atoms with E-state index in [4.69, 9.17) is 4.74 Å². The number of amides is 1. The fourth-order valence-electron chi connectivity index (χ4n) is 3.57. The minimum Gasteiger partial charge on any atom is -0.451 e. The number of anilines is 1. The molecule has 0 atom stereocenters. The van der Waals surface area contributed by atoms with Crippen molar-refractivity contribution in [3.8, 4) is 0 Å². The predicted octanol–water partition coefficient (Wildman–Crippen LogP) is 3.69. The van der Waals surface area contributed by atoms with Gasteiger partial charge in [0.05, 0.1) is 5.56 Å². The summed E-state index contributed by atoms with van der Waals surface area (Å²) in [7, 11) is 0. The first kappa shape index (κ1) is 20.8. The number of hydrogen-bond donors (Lipinski definition) is 1. The van der Waals surface area contributed by atoms with Crippen LogP contribution in [-0.2, 0) is 15.7 Å². The Kier molecular flexibility index (Phi) is 5.58. The Hall–Kier alpha value is -3.49. The van der Waals surface area contributed by atoms with Crippen molar-refractivity contribution in [2.45, 2.75) is 6.18 Å². The van der Waals surface area contributed by atoms with Gasteiger partial charge in [-0.2, -0.15) is 13.2 Å². The Balaban J connectivity index is 1.30. The summed E-state index contributed by atoms with van der Waals surface area (Å²) < 4.78 is 43.9. The number of H-pyrrole nitrogens is 1. The SMILES string of the molecule is O=C(OCC(=O)N1CCN(c2cccc(C(F)(F)F)c2)CC1)c1cc2ccccc2[nH]1. The van der Waals surface area contributed by atoms with Crippen LogP contribution in [0.4, 0.5) is 18.9 Å². The van der Waals surface area contributed by atoms with Crippen molar-refractivity contribution in [3.63, 3.8) is 0 Å². The number of nitrogens with zero attached hydrogens (tertiary/aromatic N) is 2. The van der Waals surface area contributed by atoms with Crippen molar-refractivity contribution < 1.29 is 27.5 Å². The molecule has 4 rings (SSSR count). The van der Waals surface area contributed by atoms with Crippen LogP contribution < -0.4 is 4.90 Å². The van der Waals surface area contributed by atoms with Crippen LogP contribution >= 0.6 is 0 Å². The molecule has 1 fully saturated rings. The number of aromatic amines is 1. The Morgan fingerprint density at radius 3 is 2.42 bits per heavy atom. The molecular formula is C22H20F3N3O3. The van der Waals surface area contributed by atoms with Crippen molar-refractivity contribution in [2.75, 3.05) is 37.7 Å². The van der Waals surface area contributed by atoms with Gasteiger partial charge < -0.3 is 19.5 Å². The molecule has 1 N–H and O–H groups in total. The summed E-state index contributed by atoms with van der Waals surface area (Å²) in [5, 5.41) is 0.867. The minimum atomic E-state index is -4.40. The van der Waals surface area contributed by atoms with Crippen LogP contribution in [0.5, 0.6) is 0 Å². The van der Waals surface area contributed by atoms with Crippen molar-refractivity contribution in [1.29, 1.82) is 0 Å². The quantitative estimate of drug-likeness (QED) is 0.640. The van der Waals surface area contributed by atoms with Crippen LogP contribution in [0.3, 0.4) is 0 Å². The van der Waals surface area contributed by atoms with Crippen molar-refractivity contribution in [3.05, 3.63) is 65.9 Å². The van der Waals surface area contributed by atoms with E-state index in [1.807, 2.05) is 24.3 Å². The second-order valence-corrected chi connectivity index (χ2v) is 7.26. The van der Waals surface area contributed by atoms with Gasteiger partial charge in [0.2, 0.25) is 0 Å². The highest BCUT2D eigenvalue weighted by molar-refractivity contribution is 5.95. The molecule has 2 heterocycles. The largest absolute Gasteiger partial charge is 0.451 e. The van der Waals surface area contributed by atoms with Crippen molar-refractivity contribution >= 4 is 28.5 Å². The van der Waals surface area contributed by atoms with Crippen molar-refractivity contribution in [1.82, 2.24) is 9.88 Å². The number of carbonyl (C=O) groups is 2. The number of nitrogens with one attached hydrogen (secondary N) is 1. The molecule has 3 aromatic rings. The summed E-state index contributed by atoms with van der Waals surface area (Å²) in [5.74, 6) is -0.958. The van der Waals surface area contributed by atoms with Crippen molar-refractivity contribution in [2.24, 2.45) is 0 Å². The highest BCUT2D eigenvalue weighted by Gasteiger charge is 2.31. The van der Waals surface area contributed by atoms with E-state index in [2.05, 4.69) is 4.98 Å². The van der Waals surface area contributed by atoms with Gasteiger partial charge in [-0.15, -0.1) is 0 Å². The third-order valence-corrected chi connectivity index (χ3v) is 5.25. The highest BCUT2D eigenvalue weighted by atomic mass is 19.4. The van der Waals surface area contributed by atoms with E-state index >= 15 is 0 Å². The molecule has 9 heteroatoms. The molecule has 0 aliphatic carbocycles. The molecule has 0 spiro atoms. The summed E-state index contributed by atoms with van der Waals surface area (Å²) in [6.45, 7) is 1.06. The Labute approximate surface area is 176 Å². The highest BCUT2D eigenvalue weighted by Crippen LogP contribution is 2.31.